The molecule has 3 aliphatic rings. The molecule has 1 aliphatic heterocycles. The fourth-order valence-electron chi connectivity index (χ4n) is 4.40. The Bertz CT molecular complexity index is 926. The van der Waals surface area contributed by atoms with Gasteiger partial charge in [0, 0.05) is 12.1 Å². The van der Waals surface area contributed by atoms with Gasteiger partial charge in [0.15, 0.2) is 0 Å². The number of aromatic nitrogens is 2. The van der Waals surface area contributed by atoms with Crippen molar-refractivity contribution in [3.05, 3.63) is 36.0 Å². The van der Waals surface area contributed by atoms with Crippen LogP contribution in [0.15, 0.2) is 28.8 Å². The number of benzene rings is 1. The summed E-state index contributed by atoms with van der Waals surface area (Å²) in [5, 5.41) is 3.88. The van der Waals surface area contributed by atoms with E-state index in [1.165, 1.54) is 11.0 Å². The summed E-state index contributed by atoms with van der Waals surface area (Å²) in [7, 11) is 0. The Balaban J connectivity index is 1.42. The molecule has 2 unspecified atom stereocenters. The summed E-state index contributed by atoms with van der Waals surface area (Å²) in [6, 6.07) is 5.86. The molecule has 7 nitrogen and oxygen atoms in total. The fourth-order valence-corrected chi connectivity index (χ4v) is 4.40. The van der Waals surface area contributed by atoms with Crippen LogP contribution in [-0.4, -0.2) is 44.0 Å². The molecule has 0 spiro atoms. The van der Waals surface area contributed by atoms with Crippen LogP contribution in [0, 0.1) is 11.7 Å². The summed E-state index contributed by atoms with van der Waals surface area (Å²) in [5.74, 6) is -0.192. The van der Waals surface area contributed by atoms with E-state index in [0.717, 1.165) is 38.5 Å². The topological polar surface area (TPSA) is 79.5 Å². The van der Waals surface area contributed by atoms with Crippen molar-refractivity contribution in [2.24, 2.45) is 5.92 Å². The SMILES string of the molecule is O=C1C2CCCCC2N(Cc2nc(-c3ccccc3F)no2)C(=O)N1C1CC1. The minimum absolute atomic E-state index is 0.0222. The summed E-state index contributed by atoms with van der Waals surface area (Å²) >= 11 is 0. The number of hydrogen-bond acceptors (Lipinski definition) is 5. The van der Waals surface area contributed by atoms with Crippen LogP contribution < -0.4 is 0 Å². The zero-order chi connectivity index (χ0) is 19.3. The average molecular weight is 384 g/mol. The molecule has 1 saturated heterocycles. The van der Waals surface area contributed by atoms with Gasteiger partial charge in [-0.2, -0.15) is 4.98 Å². The van der Waals surface area contributed by atoms with Crippen molar-refractivity contribution in [3.63, 3.8) is 0 Å². The number of rotatable bonds is 4. The smallest absolute Gasteiger partial charge is 0.327 e. The van der Waals surface area contributed by atoms with Crippen molar-refractivity contribution < 1.29 is 18.5 Å². The molecule has 2 heterocycles. The molecule has 1 aromatic carbocycles. The number of halogens is 1. The summed E-state index contributed by atoms with van der Waals surface area (Å²) in [6.07, 6.45) is 5.36. The molecule has 28 heavy (non-hydrogen) atoms. The van der Waals surface area contributed by atoms with E-state index in [-0.39, 0.29) is 53.8 Å². The maximum absolute atomic E-state index is 14.0. The second kappa shape index (κ2) is 6.68. The zero-order valence-electron chi connectivity index (χ0n) is 15.4. The number of nitrogens with zero attached hydrogens (tertiary/aromatic N) is 4. The Morgan fingerprint density at radius 2 is 1.89 bits per heavy atom. The Kier molecular flexibility index (Phi) is 4.14. The van der Waals surface area contributed by atoms with E-state index in [9.17, 15) is 14.0 Å². The highest BCUT2D eigenvalue weighted by Gasteiger charge is 2.51. The fraction of sp³-hybridized carbons (Fsp3) is 0.500. The Morgan fingerprint density at radius 3 is 2.68 bits per heavy atom. The van der Waals surface area contributed by atoms with Gasteiger partial charge in [0.05, 0.1) is 11.5 Å². The predicted molar refractivity (Wildman–Crippen MR) is 96.2 cm³/mol. The number of fused-ring (bicyclic) bond motifs is 1. The molecule has 2 atom stereocenters. The van der Waals surface area contributed by atoms with Gasteiger partial charge in [-0.05, 0) is 37.8 Å². The van der Waals surface area contributed by atoms with Crippen molar-refractivity contribution in [1.82, 2.24) is 19.9 Å². The predicted octanol–water partition coefficient (Wildman–Crippen LogP) is 3.36. The van der Waals surface area contributed by atoms with Gasteiger partial charge < -0.3 is 9.42 Å². The first kappa shape index (κ1) is 17.3. The molecular formula is C20H21FN4O3. The summed E-state index contributed by atoms with van der Waals surface area (Å²) in [6.45, 7) is 0.137. The lowest BCUT2D eigenvalue weighted by molar-refractivity contribution is -0.141. The molecule has 2 saturated carbocycles. The third-order valence-electron chi connectivity index (χ3n) is 5.94. The van der Waals surface area contributed by atoms with Crippen LogP contribution >= 0.6 is 0 Å². The summed E-state index contributed by atoms with van der Waals surface area (Å²) in [5.41, 5.74) is 0.257. The van der Waals surface area contributed by atoms with Gasteiger partial charge in [-0.25, -0.2) is 9.18 Å². The quantitative estimate of drug-likeness (QED) is 0.808. The van der Waals surface area contributed by atoms with Gasteiger partial charge >= 0.3 is 6.03 Å². The van der Waals surface area contributed by atoms with E-state index in [1.54, 1.807) is 23.1 Å². The Morgan fingerprint density at radius 1 is 1.11 bits per heavy atom. The van der Waals surface area contributed by atoms with Crippen molar-refractivity contribution in [2.45, 2.75) is 57.2 Å². The monoisotopic (exact) mass is 384 g/mol. The van der Waals surface area contributed by atoms with Crippen LogP contribution in [0.2, 0.25) is 0 Å². The Labute approximate surface area is 161 Å². The third kappa shape index (κ3) is 2.87. The number of carbonyl (C=O) groups excluding carboxylic acids is 2. The molecule has 3 amide bonds. The standard InChI is InChI=1S/C20H21FN4O3/c21-15-7-3-1-5-13(15)18-22-17(28-23-18)11-24-16-8-4-2-6-14(16)19(26)25(20(24)27)12-9-10-12/h1,3,5,7,12,14,16H,2,4,6,8-11H2. The van der Waals surface area contributed by atoms with E-state index >= 15 is 0 Å². The normalized spacial score (nSPS) is 25.2. The first-order valence-corrected chi connectivity index (χ1v) is 9.84. The van der Waals surface area contributed by atoms with Gasteiger partial charge in [-0.15, -0.1) is 0 Å². The molecule has 2 aliphatic carbocycles. The molecule has 1 aromatic heterocycles. The van der Waals surface area contributed by atoms with Crippen LogP contribution in [0.25, 0.3) is 11.4 Å². The highest BCUT2D eigenvalue weighted by Crippen LogP contribution is 2.39. The molecule has 5 rings (SSSR count). The first-order chi connectivity index (χ1) is 13.6. The third-order valence-corrected chi connectivity index (χ3v) is 5.94. The molecular weight excluding hydrogens is 363 g/mol. The molecule has 0 bridgehead atoms. The van der Waals surface area contributed by atoms with Crippen molar-refractivity contribution in [3.8, 4) is 11.4 Å². The van der Waals surface area contributed by atoms with Crippen LogP contribution in [0.5, 0.6) is 0 Å². The van der Waals surface area contributed by atoms with E-state index in [4.69, 9.17) is 4.52 Å². The van der Waals surface area contributed by atoms with Gasteiger partial charge in [0.25, 0.3) is 0 Å². The summed E-state index contributed by atoms with van der Waals surface area (Å²) in [4.78, 5) is 33.4. The van der Waals surface area contributed by atoms with E-state index in [0.29, 0.717) is 0 Å². The highest BCUT2D eigenvalue weighted by molar-refractivity contribution is 5.99. The largest absolute Gasteiger partial charge is 0.337 e. The molecule has 146 valence electrons. The second-order valence-electron chi connectivity index (χ2n) is 7.80. The zero-order valence-corrected chi connectivity index (χ0v) is 15.4. The lowest BCUT2D eigenvalue weighted by Crippen LogP contribution is -2.62. The van der Waals surface area contributed by atoms with Gasteiger partial charge in [0.1, 0.15) is 12.4 Å². The number of amides is 3. The number of hydrogen-bond donors (Lipinski definition) is 0. The van der Waals surface area contributed by atoms with E-state index in [1.807, 2.05) is 0 Å². The van der Waals surface area contributed by atoms with E-state index < -0.39 is 5.82 Å². The van der Waals surface area contributed by atoms with Crippen LogP contribution in [-0.2, 0) is 11.3 Å². The summed E-state index contributed by atoms with van der Waals surface area (Å²) < 4.78 is 19.3. The molecule has 3 fully saturated rings. The highest BCUT2D eigenvalue weighted by atomic mass is 19.1. The molecule has 0 N–H and O–H groups in total. The molecule has 8 heteroatoms. The Hall–Kier alpha value is -2.77. The number of imide groups is 1. The number of carbonyl (C=O) groups is 2. The van der Waals surface area contributed by atoms with Crippen LogP contribution in [0.3, 0.4) is 0 Å². The van der Waals surface area contributed by atoms with Gasteiger partial charge in [-0.1, -0.05) is 30.1 Å². The van der Waals surface area contributed by atoms with Gasteiger partial charge in [-0.3, -0.25) is 9.69 Å². The average Bonchev–Trinajstić information content (AvgIpc) is 3.43. The number of urea groups is 1. The van der Waals surface area contributed by atoms with Crippen LogP contribution in [0.4, 0.5) is 9.18 Å². The van der Waals surface area contributed by atoms with Gasteiger partial charge in [0.2, 0.25) is 17.6 Å². The molecule has 0 radical (unpaired) electrons. The lowest BCUT2D eigenvalue weighted by Gasteiger charge is -2.46. The second-order valence-corrected chi connectivity index (χ2v) is 7.80. The van der Waals surface area contributed by atoms with Crippen molar-refractivity contribution in [2.75, 3.05) is 0 Å². The first-order valence-electron chi connectivity index (χ1n) is 9.84. The lowest BCUT2D eigenvalue weighted by atomic mass is 9.81. The maximum Gasteiger partial charge on any atom is 0.327 e. The maximum atomic E-state index is 14.0. The van der Waals surface area contributed by atoms with Crippen LogP contribution in [0.1, 0.15) is 44.4 Å². The minimum atomic E-state index is -0.429. The van der Waals surface area contributed by atoms with Crippen molar-refractivity contribution in [1.29, 1.82) is 0 Å². The molecule has 2 aromatic rings. The van der Waals surface area contributed by atoms with E-state index in [2.05, 4.69) is 10.1 Å². The van der Waals surface area contributed by atoms with Crippen molar-refractivity contribution >= 4 is 11.9 Å². The minimum Gasteiger partial charge on any atom is -0.337 e.